The van der Waals surface area contributed by atoms with Crippen molar-refractivity contribution in [1.29, 1.82) is 0 Å². The maximum absolute atomic E-state index is 11.9. The number of benzene rings is 2. The van der Waals surface area contributed by atoms with Gasteiger partial charge in [-0.05, 0) is 35.3 Å². The summed E-state index contributed by atoms with van der Waals surface area (Å²) in [5.74, 6) is 0.478. The molecule has 0 aliphatic rings. The molecule has 0 spiro atoms. The van der Waals surface area contributed by atoms with Gasteiger partial charge in [-0.1, -0.05) is 42.5 Å². The van der Waals surface area contributed by atoms with Crippen LogP contribution in [0.4, 0.5) is 5.69 Å². The van der Waals surface area contributed by atoms with Gasteiger partial charge in [0.1, 0.15) is 12.8 Å². The minimum absolute atomic E-state index is 0. The van der Waals surface area contributed by atoms with Crippen LogP contribution in [0.1, 0.15) is 29.9 Å². The van der Waals surface area contributed by atoms with Crippen molar-refractivity contribution in [2.45, 2.75) is 19.6 Å². The number of nitrogens with one attached hydrogen (secondary N) is 1. The van der Waals surface area contributed by atoms with E-state index in [0.717, 1.165) is 11.1 Å². The predicted octanol–water partition coefficient (Wildman–Crippen LogP) is 3.19. The molecule has 0 aliphatic carbocycles. The van der Waals surface area contributed by atoms with Crippen molar-refractivity contribution in [3.63, 3.8) is 0 Å². The van der Waals surface area contributed by atoms with Gasteiger partial charge in [-0.25, -0.2) is 10.4 Å². The van der Waals surface area contributed by atoms with Gasteiger partial charge in [0.25, 0.3) is 0 Å². The molecule has 2 N–H and O–H groups in total. The number of carbonyl (C=O) groups excluding carboxylic acids is 1. The summed E-state index contributed by atoms with van der Waals surface area (Å²) >= 11 is 0. The summed E-state index contributed by atoms with van der Waals surface area (Å²) in [6, 6.07) is 20.0. The molecular formula is C21H21N2O4Y-. The van der Waals surface area contributed by atoms with E-state index in [4.69, 9.17) is 9.15 Å². The number of hydrazine groups is 1. The van der Waals surface area contributed by atoms with Crippen LogP contribution in [0.15, 0.2) is 71.1 Å². The van der Waals surface area contributed by atoms with Gasteiger partial charge >= 0.3 is 0 Å². The van der Waals surface area contributed by atoms with Crippen LogP contribution in [0, 0.1) is 6.26 Å². The third kappa shape index (κ3) is 6.09. The number of anilines is 1. The standard InChI is InChI=1S/C21H21N2O4.Y/c1-16(24)23(22-15-26-14-20-8-5-13-27-20)19-11-9-18(10-12-19)21(25)17-6-3-2-4-7-17;/h2-12,21-22,25H,14-15H2,1H3;/q-1;. The first-order valence-corrected chi connectivity index (χ1v) is 8.55. The first kappa shape index (κ1) is 22.5. The van der Waals surface area contributed by atoms with Gasteiger partial charge in [0.05, 0.1) is 5.69 Å². The third-order valence-electron chi connectivity index (χ3n) is 3.99. The van der Waals surface area contributed by atoms with E-state index in [2.05, 4.69) is 11.7 Å². The van der Waals surface area contributed by atoms with Crippen LogP contribution >= 0.6 is 0 Å². The Hall–Kier alpha value is -1.83. The Morgan fingerprint density at radius 1 is 1.14 bits per heavy atom. The Bertz CT molecular complexity index is 839. The van der Waals surface area contributed by atoms with Crippen LogP contribution in [-0.2, 0) is 48.8 Å². The zero-order valence-electron chi connectivity index (χ0n) is 15.5. The Labute approximate surface area is 189 Å². The van der Waals surface area contributed by atoms with E-state index < -0.39 is 6.10 Å². The van der Waals surface area contributed by atoms with Crippen molar-refractivity contribution in [3.8, 4) is 0 Å². The average Bonchev–Trinajstić information content (AvgIpc) is 3.21. The van der Waals surface area contributed by atoms with Crippen molar-refractivity contribution < 1.29 is 51.8 Å². The topological polar surface area (TPSA) is 74.9 Å². The zero-order valence-corrected chi connectivity index (χ0v) is 18.4. The number of nitrogens with zero attached hydrogens (tertiary/aromatic N) is 1. The molecule has 1 atom stereocenters. The molecule has 0 bridgehead atoms. The molecule has 0 saturated heterocycles. The molecule has 3 aromatic rings. The molecule has 1 heterocycles. The van der Waals surface area contributed by atoms with Crippen molar-refractivity contribution in [3.05, 3.63) is 89.9 Å². The van der Waals surface area contributed by atoms with E-state index in [9.17, 15) is 9.90 Å². The number of furan rings is 1. The van der Waals surface area contributed by atoms with Crippen LogP contribution in [-0.4, -0.2) is 17.7 Å². The van der Waals surface area contributed by atoms with Gasteiger partial charge < -0.3 is 14.3 Å². The fourth-order valence-electron chi connectivity index (χ4n) is 2.63. The smallest absolute Gasteiger partial charge is 0.238 e. The maximum Gasteiger partial charge on any atom is 0.238 e. The number of hydrogen-bond acceptors (Lipinski definition) is 5. The average molecular weight is 454 g/mol. The quantitative estimate of drug-likeness (QED) is 0.237. The number of amides is 1. The van der Waals surface area contributed by atoms with Gasteiger partial charge in [-0.15, -0.1) is 6.07 Å². The predicted molar refractivity (Wildman–Crippen MR) is 100 cm³/mol. The summed E-state index contributed by atoms with van der Waals surface area (Å²) in [6.45, 7) is 1.88. The van der Waals surface area contributed by atoms with E-state index in [1.807, 2.05) is 30.3 Å². The Morgan fingerprint density at radius 2 is 1.82 bits per heavy atom. The van der Waals surface area contributed by atoms with Gasteiger partial charge in [0.15, 0.2) is 0 Å². The van der Waals surface area contributed by atoms with Gasteiger partial charge in [0.2, 0.25) is 5.91 Å². The normalized spacial score (nSPS) is 11.5. The fraction of sp³-hybridized carbons (Fsp3) is 0.190. The first-order valence-electron chi connectivity index (χ1n) is 8.55. The maximum atomic E-state index is 11.9. The second-order valence-electron chi connectivity index (χ2n) is 5.93. The van der Waals surface area contributed by atoms with Crippen molar-refractivity contribution in [1.82, 2.24) is 5.43 Å². The molecule has 2 aromatic carbocycles. The van der Waals surface area contributed by atoms with Gasteiger partial charge in [-0.3, -0.25) is 4.79 Å². The largest absolute Gasteiger partial charge is 0.593 e. The molecule has 1 radical (unpaired) electrons. The fourth-order valence-corrected chi connectivity index (χ4v) is 2.63. The first-order chi connectivity index (χ1) is 13.1. The summed E-state index contributed by atoms with van der Waals surface area (Å²) in [6.07, 6.45) is 1.87. The molecule has 28 heavy (non-hydrogen) atoms. The Balaban J connectivity index is 0.00000280. The molecule has 0 aliphatic heterocycles. The molecule has 0 fully saturated rings. The summed E-state index contributed by atoms with van der Waals surface area (Å²) < 4.78 is 10.5. The Kier molecular flexibility index (Phi) is 9.02. The second kappa shape index (κ2) is 11.2. The van der Waals surface area contributed by atoms with E-state index >= 15 is 0 Å². The van der Waals surface area contributed by atoms with E-state index in [0.29, 0.717) is 11.4 Å². The summed E-state index contributed by atoms with van der Waals surface area (Å²) in [5.41, 5.74) is 5.14. The van der Waals surface area contributed by atoms with Crippen LogP contribution in [0.5, 0.6) is 0 Å². The minimum Gasteiger partial charge on any atom is -0.593 e. The van der Waals surface area contributed by atoms with Crippen molar-refractivity contribution in [2.24, 2.45) is 0 Å². The minimum atomic E-state index is -0.715. The number of aliphatic hydroxyl groups is 1. The van der Waals surface area contributed by atoms with Crippen LogP contribution in [0.2, 0.25) is 0 Å². The molecule has 3 rings (SSSR count). The van der Waals surface area contributed by atoms with Crippen molar-refractivity contribution >= 4 is 11.6 Å². The molecule has 7 heteroatoms. The molecule has 6 nitrogen and oxygen atoms in total. The molecule has 0 saturated carbocycles. The molecule has 1 amide bonds. The number of rotatable bonds is 8. The summed E-state index contributed by atoms with van der Waals surface area (Å²) in [5, 5.41) is 11.9. The number of ether oxygens (including phenoxy) is 1. The number of hydrogen-bond donors (Lipinski definition) is 2. The molecule has 143 valence electrons. The third-order valence-corrected chi connectivity index (χ3v) is 3.99. The van der Waals surface area contributed by atoms with Crippen LogP contribution < -0.4 is 10.4 Å². The van der Waals surface area contributed by atoms with E-state index in [1.54, 1.807) is 36.4 Å². The van der Waals surface area contributed by atoms with E-state index in [-0.39, 0.29) is 52.0 Å². The SMILES string of the molecule is CC(=O)N(NCOCc1cc[c-]o1)c1ccc(C(O)c2ccccc2)cc1.[Y]. The molecule has 1 aromatic heterocycles. The number of carbonyl (C=O) groups is 1. The summed E-state index contributed by atoms with van der Waals surface area (Å²) in [7, 11) is 0. The zero-order chi connectivity index (χ0) is 19.1. The Morgan fingerprint density at radius 3 is 2.43 bits per heavy atom. The second-order valence-corrected chi connectivity index (χ2v) is 5.93. The van der Waals surface area contributed by atoms with Crippen LogP contribution in [0.25, 0.3) is 0 Å². The number of aliphatic hydroxyl groups excluding tert-OH is 1. The monoisotopic (exact) mass is 454 g/mol. The molecular weight excluding hydrogens is 433 g/mol. The summed E-state index contributed by atoms with van der Waals surface area (Å²) in [4.78, 5) is 11.9. The van der Waals surface area contributed by atoms with E-state index in [1.165, 1.54) is 11.9 Å². The van der Waals surface area contributed by atoms with Gasteiger partial charge in [-0.2, -0.15) is 6.07 Å². The van der Waals surface area contributed by atoms with Crippen LogP contribution in [0.3, 0.4) is 0 Å². The van der Waals surface area contributed by atoms with Crippen molar-refractivity contribution in [2.75, 3.05) is 11.7 Å². The molecule has 1 unspecified atom stereocenters. The van der Waals surface area contributed by atoms with Gasteiger partial charge in [0, 0.05) is 46.2 Å².